The summed E-state index contributed by atoms with van der Waals surface area (Å²) in [5, 5.41) is 14.9. The summed E-state index contributed by atoms with van der Waals surface area (Å²) >= 11 is 0. The van der Waals surface area contributed by atoms with Gasteiger partial charge in [0.15, 0.2) is 0 Å². The van der Waals surface area contributed by atoms with Crippen LogP contribution in [0.15, 0.2) is 4.42 Å². The third-order valence-corrected chi connectivity index (χ3v) is 4.91. The average molecular weight is 278 g/mol. The first-order valence-corrected chi connectivity index (χ1v) is 8.07. The van der Waals surface area contributed by atoms with Crippen LogP contribution in [0.25, 0.3) is 0 Å². The molecule has 2 aliphatic carbocycles. The Balaban J connectivity index is 1.47. The van der Waals surface area contributed by atoms with Gasteiger partial charge in [-0.25, -0.2) is 0 Å². The summed E-state index contributed by atoms with van der Waals surface area (Å²) in [6.45, 7) is 6.16. The van der Waals surface area contributed by atoms with E-state index >= 15 is 0 Å². The maximum absolute atomic E-state index is 5.69. The van der Waals surface area contributed by atoms with Crippen LogP contribution in [0.5, 0.6) is 0 Å². The number of nitrogens with one attached hydrogen (secondary N) is 2. The van der Waals surface area contributed by atoms with E-state index in [4.69, 9.17) is 4.42 Å². The zero-order valence-electron chi connectivity index (χ0n) is 12.6. The number of anilines is 1. The fourth-order valence-corrected chi connectivity index (χ4v) is 3.77. The molecular formula is C15H26N4O. The number of hydrogen-bond donors (Lipinski definition) is 2. The van der Waals surface area contributed by atoms with Crippen molar-refractivity contribution in [3.05, 3.63) is 5.89 Å². The Morgan fingerprint density at radius 3 is 2.90 bits per heavy atom. The molecule has 2 N–H and O–H groups in total. The Morgan fingerprint density at radius 1 is 1.30 bits per heavy atom. The smallest absolute Gasteiger partial charge is 0.315 e. The van der Waals surface area contributed by atoms with Crippen molar-refractivity contribution < 1.29 is 4.42 Å². The molecule has 1 aromatic heterocycles. The third kappa shape index (κ3) is 2.97. The van der Waals surface area contributed by atoms with Gasteiger partial charge < -0.3 is 15.1 Å². The van der Waals surface area contributed by atoms with Gasteiger partial charge in [0.2, 0.25) is 5.89 Å². The molecule has 1 aromatic rings. The Morgan fingerprint density at radius 2 is 2.20 bits per heavy atom. The van der Waals surface area contributed by atoms with Crippen molar-refractivity contribution in [3.63, 3.8) is 0 Å². The molecule has 2 fully saturated rings. The molecule has 112 valence electrons. The number of aromatic nitrogens is 2. The molecule has 0 aromatic carbocycles. The standard InChI is InChI=1S/C15H26N4O/c1-3-6-16-10(2)14-18-19-15(20-14)17-9-13-8-11-4-5-12(13)7-11/h10-13,16H,3-9H2,1-2H3,(H,17,19). The molecule has 0 saturated heterocycles. The van der Waals surface area contributed by atoms with E-state index in [1.54, 1.807) is 0 Å². The van der Waals surface area contributed by atoms with Crippen molar-refractivity contribution in [1.29, 1.82) is 0 Å². The molecule has 5 nitrogen and oxygen atoms in total. The van der Waals surface area contributed by atoms with Crippen LogP contribution in [0.2, 0.25) is 0 Å². The van der Waals surface area contributed by atoms with Crippen molar-refractivity contribution in [2.45, 2.75) is 52.0 Å². The number of nitrogens with zero attached hydrogens (tertiary/aromatic N) is 2. The normalized spacial score (nSPS) is 29.8. The van der Waals surface area contributed by atoms with Crippen LogP contribution in [0, 0.1) is 17.8 Å². The first kappa shape index (κ1) is 13.9. The molecule has 0 aliphatic heterocycles. The molecule has 0 radical (unpaired) electrons. The molecule has 1 heterocycles. The van der Waals surface area contributed by atoms with E-state index in [0.717, 1.165) is 37.3 Å². The van der Waals surface area contributed by atoms with E-state index in [2.05, 4.69) is 34.7 Å². The minimum Gasteiger partial charge on any atom is -0.406 e. The summed E-state index contributed by atoms with van der Waals surface area (Å²) < 4.78 is 5.69. The molecule has 2 saturated carbocycles. The molecular weight excluding hydrogens is 252 g/mol. The number of rotatable bonds is 7. The summed E-state index contributed by atoms with van der Waals surface area (Å²) in [6.07, 6.45) is 6.80. The van der Waals surface area contributed by atoms with Crippen LogP contribution in [0.1, 0.15) is 57.9 Å². The molecule has 20 heavy (non-hydrogen) atoms. The van der Waals surface area contributed by atoms with Crippen molar-refractivity contribution in [2.24, 2.45) is 17.8 Å². The van der Waals surface area contributed by atoms with Crippen LogP contribution in [0.4, 0.5) is 6.01 Å². The topological polar surface area (TPSA) is 63.0 Å². The van der Waals surface area contributed by atoms with Crippen molar-refractivity contribution >= 4 is 6.01 Å². The Bertz CT molecular complexity index is 433. The SMILES string of the molecule is CCCNC(C)c1nnc(NCC2CC3CCC2C3)o1. The fourth-order valence-electron chi connectivity index (χ4n) is 3.77. The quantitative estimate of drug-likeness (QED) is 0.803. The minimum atomic E-state index is 0.125. The van der Waals surface area contributed by atoms with E-state index in [-0.39, 0.29) is 6.04 Å². The van der Waals surface area contributed by atoms with Gasteiger partial charge in [0.1, 0.15) is 0 Å². The predicted octanol–water partition coefficient (Wildman–Crippen LogP) is 2.98. The summed E-state index contributed by atoms with van der Waals surface area (Å²) in [5.41, 5.74) is 0. The van der Waals surface area contributed by atoms with Crippen molar-refractivity contribution in [1.82, 2.24) is 15.5 Å². The summed E-state index contributed by atoms with van der Waals surface area (Å²) in [7, 11) is 0. The maximum Gasteiger partial charge on any atom is 0.315 e. The summed E-state index contributed by atoms with van der Waals surface area (Å²) in [4.78, 5) is 0. The molecule has 0 spiro atoms. The Labute approximate surface area is 120 Å². The van der Waals surface area contributed by atoms with Crippen LogP contribution in [-0.2, 0) is 0 Å². The second kappa shape index (κ2) is 6.12. The second-order valence-electron chi connectivity index (χ2n) is 6.44. The van der Waals surface area contributed by atoms with Crippen LogP contribution < -0.4 is 10.6 Å². The molecule has 5 heteroatoms. The van der Waals surface area contributed by atoms with E-state index in [1.807, 2.05) is 0 Å². The summed E-state index contributed by atoms with van der Waals surface area (Å²) in [6, 6.07) is 0.702. The third-order valence-electron chi connectivity index (χ3n) is 4.91. The molecule has 2 bridgehead atoms. The van der Waals surface area contributed by atoms with E-state index in [1.165, 1.54) is 25.7 Å². The summed E-state index contributed by atoms with van der Waals surface area (Å²) in [5.74, 6) is 3.40. The molecule has 4 unspecified atom stereocenters. The lowest BCUT2D eigenvalue weighted by Gasteiger charge is -2.21. The van der Waals surface area contributed by atoms with Gasteiger partial charge in [0.05, 0.1) is 6.04 Å². The lowest BCUT2D eigenvalue weighted by atomic mass is 9.89. The van der Waals surface area contributed by atoms with E-state index in [9.17, 15) is 0 Å². The number of hydrogen-bond acceptors (Lipinski definition) is 5. The maximum atomic E-state index is 5.69. The zero-order valence-corrected chi connectivity index (χ0v) is 12.6. The highest BCUT2D eigenvalue weighted by Crippen LogP contribution is 2.48. The van der Waals surface area contributed by atoms with E-state index < -0.39 is 0 Å². The number of fused-ring (bicyclic) bond motifs is 2. The van der Waals surface area contributed by atoms with Crippen molar-refractivity contribution in [2.75, 3.05) is 18.4 Å². The van der Waals surface area contributed by atoms with Gasteiger partial charge >= 0.3 is 6.01 Å². The van der Waals surface area contributed by atoms with Crippen LogP contribution >= 0.6 is 0 Å². The van der Waals surface area contributed by atoms with Gasteiger partial charge in [-0.3, -0.25) is 0 Å². The van der Waals surface area contributed by atoms with Crippen molar-refractivity contribution in [3.8, 4) is 0 Å². The highest BCUT2D eigenvalue weighted by Gasteiger charge is 2.39. The largest absolute Gasteiger partial charge is 0.406 e. The average Bonchev–Trinajstić information content (AvgIpc) is 3.17. The van der Waals surface area contributed by atoms with Gasteiger partial charge in [-0.2, -0.15) is 0 Å². The molecule has 4 atom stereocenters. The highest BCUT2D eigenvalue weighted by atomic mass is 16.4. The molecule has 2 aliphatic rings. The lowest BCUT2D eigenvalue weighted by molar-refractivity contribution is 0.344. The second-order valence-corrected chi connectivity index (χ2v) is 6.44. The minimum absolute atomic E-state index is 0.125. The first-order valence-electron chi connectivity index (χ1n) is 8.07. The lowest BCUT2D eigenvalue weighted by Crippen LogP contribution is -2.20. The molecule has 3 rings (SSSR count). The monoisotopic (exact) mass is 278 g/mol. The van der Waals surface area contributed by atoms with Gasteiger partial charge in [0, 0.05) is 6.54 Å². The zero-order chi connectivity index (χ0) is 13.9. The van der Waals surface area contributed by atoms with E-state index in [0.29, 0.717) is 11.9 Å². The Kier molecular flexibility index (Phi) is 4.24. The van der Waals surface area contributed by atoms with Crippen LogP contribution in [0.3, 0.4) is 0 Å². The van der Waals surface area contributed by atoms with Gasteiger partial charge in [-0.05, 0) is 56.9 Å². The fraction of sp³-hybridized carbons (Fsp3) is 0.867. The Hall–Kier alpha value is -1.10. The molecule has 0 amide bonds. The highest BCUT2D eigenvalue weighted by molar-refractivity contribution is 5.18. The van der Waals surface area contributed by atoms with Crippen LogP contribution in [-0.4, -0.2) is 23.3 Å². The first-order chi connectivity index (χ1) is 9.76. The van der Waals surface area contributed by atoms with Gasteiger partial charge in [-0.1, -0.05) is 18.4 Å². The van der Waals surface area contributed by atoms with Gasteiger partial charge in [-0.15, -0.1) is 5.10 Å². The van der Waals surface area contributed by atoms with Gasteiger partial charge in [0.25, 0.3) is 0 Å². The predicted molar refractivity (Wildman–Crippen MR) is 78.4 cm³/mol.